The van der Waals surface area contributed by atoms with Crippen molar-refractivity contribution in [2.24, 2.45) is 7.05 Å². The highest BCUT2D eigenvalue weighted by molar-refractivity contribution is 5.08. The molecule has 0 spiro atoms. The number of pyridine rings is 1. The molecule has 2 heterocycles. The molecule has 2 rings (SSSR count). The first-order valence-electron chi connectivity index (χ1n) is 4.93. The lowest BCUT2D eigenvalue weighted by Crippen LogP contribution is -2.13. The highest BCUT2D eigenvalue weighted by Gasteiger charge is 1.96. The van der Waals surface area contributed by atoms with Gasteiger partial charge in [-0.25, -0.2) is 0 Å². The van der Waals surface area contributed by atoms with Crippen molar-refractivity contribution in [2.75, 3.05) is 0 Å². The van der Waals surface area contributed by atoms with Gasteiger partial charge in [-0.1, -0.05) is 6.07 Å². The van der Waals surface area contributed by atoms with E-state index in [1.807, 2.05) is 31.6 Å². The van der Waals surface area contributed by atoms with Gasteiger partial charge in [0.15, 0.2) is 0 Å². The number of nitrogens with zero attached hydrogens (tertiary/aromatic N) is 3. The summed E-state index contributed by atoms with van der Waals surface area (Å²) in [5, 5.41) is 7.60. The molecule has 1 N–H and O–H groups in total. The van der Waals surface area contributed by atoms with E-state index in [1.54, 1.807) is 10.9 Å². The molecule has 0 saturated carbocycles. The molecule has 0 saturated heterocycles. The Kier molecular flexibility index (Phi) is 3.09. The summed E-state index contributed by atoms with van der Waals surface area (Å²) in [6.07, 6.45) is 5.59. The summed E-state index contributed by atoms with van der Waals surface area (Å²) >= 11 is 0. The van der Waals surface area contributed by atoms with Crippen LogP contribution in [0, 0.1) is 0 Å². The normalized spacial score (nSPS) is 10.5. The Balaban J connectivity index is 1.80. The zero-order valence-corrected chi connectivity index (χ0v) is 8.72. The number of rotatable bonds is 4. The van der Waals surface area contributed by atoms with E-state index >= 15 is 0 Å². The number of hydrogen-bond donors (Lipinski definition) is 1. The lowest BCUT2D eigenvalue weighted by Gasteiger charge is -2.01. The minimum atomic E-state index is 0.787. The average molecular weight is 202 g/mol. The molecule has 0 unspecified atom stereocenters. The van der Waals surface area contributed by atoms with Crippen molar-refractivity contribution < 1.29 is 0 Å². The van der Waals surface area contributed by atoms with Gasteiger partial charge in [0.1, 0.15) is 0 Å². The van der Waals surface area contributed by atoms with Gasteiger partial charge in [-0.3, -0.25) is 9.67 Å². The van der Waals surface area contributed by atoms with E-state index in [0.717, 1.165) is 18.8 Å². The van der Waals surface area contributed by atoms with Crippen LogP contribution in [0.15, 0.2) is 36.8 Å². The van der Waals surface area contributed by atoms with Crippen molar-refractivity contribution in [1.82, 2.24) is 20.1 Å². The van der Waals surface area contributed by atoms with Crippen molar-refractivity contribution in [1.29, 1.82) is 0 Å². The molecule has 15 heavy (non-hydrogen) atoms. The van der Waals surface area contributed by atoms with Crippen LogP contribution in [0.25, 0.3) is 0 Å². The van der Waals surface area contributed by atoms with Crippen LogP contribution in [0.4, 0.5) is 0 Å². The fraction of sp³-hybridized carbons (Fsp3) is 0.273. The molecule has 0 aliphatic heterocycles. The van der Waals surface area contributed by atoms with E-state index in [0.29, 0.717) is 0 Å². The maximum absolute atomic E-state index is 4.28. The Bertz CT molecular complexity index is 408. The van der Waals surface area contributed by atoms with E-state index in [-0.39, 0.29) is 0 Å². The highest BCUT2D eigenvalue weighted by atomic mass is 15.3. The standard InChI is InChI=1S/C11H14N4/c1-15-6-4-11(14-15)9-13-8-10-3-2-5-12-7-10/h2-7,13H,8-9H2,1H3. The molecule has 0 atom stereocenters. The molecule has 0 aliphatic carbocycles. The SMILES string of the molecule is Cn1ccc(CNCc2cccnc2)n1. The van der Waals surface area contributed by atoms with Crippen molar-refractivity contribution in [3.63, 3.8) is 0 Å². The average Bonchev–Trinajstić information content (AvgIpc) is 2.66. The monoisotopic (exact) mass is 202 g/mol. The van der Waals surface area contributed by atoms with Gasteiger partial charge in [-0.15, -0.1) is 0 Å². The van der Waals surface area contributed by atoms with E-state index in [9.17, 15) is 0 Å². The van der Waals surface area contributed by atoms with Crippen molar-refractivity contribution in [2.45, 2.75) is 13.1 Å². The molecule has 0 aromatic carbocycles. The van der Waals surface area contributed by atoms with E-state index < -0.39 is 0 Å². The molecule has 4 nitrogen and oxygen atoms in total. The number of hydrogen-bond acceptors (Lipinski definition) is 3. The number of aryl methyl sites for hydroxylation is 1. The van der Waals surface area contributed by atoms with E-state index in [4.69, 9.17) is 0 Å². The summed E-state index contributed by atoms with van der Waals surface area (Å²) in [6.45, 7) is 1.61. The van der Waals surface area contributed by atoms with Gasteiger partial charge in [0.05, 0.1) is 5.69 Å². The van der Waals surface area contributed by atoms with Gasteiger partial charge in [-0.2, -0.15) is 5.10 Å². The van der Waals surface area contributed by atoms with Crippen LogP contribution in [0.5, 0.6) is 0 Å². The minimum Gasteiger partial charge on any atom is -0.307 e. The fourth-order valence-corrected chi connectivity index (χ4v) is 1.40. The number of aromatic nitrogens is 3. The second kappa shape index (κ2) is 4.70. The minimum absolute atomic E-state index is 0.787. The summed E-state index contributed by atoms with van der Waals surface area (Å²) in [5.74, 6) is 0. The van der Waals surface area contributed by atoms with Gasteiger partial charge < -0.3 is 5.32 Å². The zero-order chi connectivity index (χ0) is 10.5. The molecular formula is C11H14N4. The smallest absolute Gasteiger partial charge is 0.0762 e. The summed E-state index contributed by atoms with van der Waals surface area (Å²) in [5.41, 5.74) is 2.25. The summed E-state index contributed by atoms with van der Waals surface area (Å²) < 4.78 is 1.81. The first-order chi connectivity index (χ1) is 7.34. The lowest BCUT2D eigenvalue weighted by atomic mass is 10.3. The molecule has 78 valence electrons. The van der Waals surface area contributed by atoms with Crippen LogP contribution in [0.1, 0.15) is 11.3 Å². The second-order valence-electron chi connectivity index (χ2n) is 3.45. The molecule has 0 bridgehead atoms. The van der Waals surface area contributed by atoms with Crippen LogP contribution in [0.2, 0.25) is 0 Å². The second-order valence-corrected chi connectivity index (χ2v) is 3.45. The topological polar surface area (TPSA) is 42.7 Å². The third-order valence-electron chi connectivity index (χ3n) is 2.13. The molecule has 0 radical (unpaired) electrons. The summed E-state index contributed by atoms with van der Waals surface area (Å²) in [4.78, 5) is 4.05. The third-order valence-corrected chi connectivity index (χ3v) is 2.13. The molecule has 2 aromatic heterocycles. The van der Waals surface area contributed by atoms with Gasteiger partial charge >= 0.3 is 0 Å². The lowest BCUT2D eigenvalue weighted by molar-refractivity contribution is 0.655. The molecule has 2 aromatic rings. The molecule has 0 aliphatic rings. The fourth-order valence-electron chi connectivity index (χ4n) is 1.40. The van der Waals surface area contributed by atoms with Crippen LogP contribution >= 0.6 is 0 Å². The maximum Gasteiger partial charge on any atom is 0.0762 e. The van der Waals surface area contributed by atoms with Crippen molar-refractivity contribution in [3.8, 4) is 0 Å². The Labute approximate surface area is 89.0 Å². The maximum atomic E-state index is 4.28. The Hall–Kier alpha value is -1.68. The van der Waals surface area contributed by atoms with E-state index in [1.165, 1.54) is 5.56 Å². The van der Waals surface area contributed by atoms with Gasteiger partial charge in [-0.05, 0) is 17.7 Å². The quantitative estimate of drug-likeness (QED) is 0.807. The molecule has 4 heteroatoms. The summed E-state index contributed by atoms with van der Waals surface area (Å²) in [7, 11) is 1.92. The van der Waals surface area contributed by atoms with Crippen LogP contribution in [0.3, 0.4) is 0 Å². The molecular weight excluding hydrogens is 188 g/mol. The van der Waals surface area contributed by atoms with Crippen molar-refractivity contribution >= 4 is 0 Å². The van der Waals surface area contributed by atoms with Crippen molar-refractivity contribution in [3.05, 3.63) is 48.0 Å². The number of nitrogens with one attached hydrogen (secondary N) is 1. The van der Waals surface area contributed by atoms with Crippen LogP contribution in [-0.2, 0) is 20.1 Å². The predicted octanol–water partition coefficient (Wildman–Crippen LogP) is 1.10. The zero-order valence-electron chi connectivity index (χ0n) is 8.72. The molecule has 0 fully saturated rings. The van der Waals surface area contributed by atoms with Gasteiger partial charge in [0, 0.05) is 38.7 Å². The highest BCUT2D eigenvalue weighted by Crippen LogP contribution is 1.97. The largest absolute Gasteiger partial charge is 0.307 e. The van der Waals surface area contributed by atoms with E-state index in [2.05, 4.69) is 21.5 Å². The third kappa shape index (κ3) is 2.89. The molecule has 0 amide bonds. The Morgan fingerprint density at radius 3 is 2.93 bits per heavy atom. The predicted molar refractivity (Wildman–Crippen MR) is 58.0 cm³/mol. The van der Waals surface area contributed by atoms with Gasteiger partial charge in [0.25, 0.3) is 0 Å². The van der Waals surface area contributed by atoms with Crippen LogP contribution < -0.4 is 5.32 Å². The summed E-state index contributed by atoms with van der Waals surface area (Å²) in [6, 6.07) is 6.01. The Morgan fingerprint density at radius 1 is 1.33 bits per heavy atom. The first-order valence-corrected chi connectivity index (χ1v) is 4.93. The van der Waals surface area contributed by atoms with Gasteiger partial charge in [0.2, 0.25) is 0 Å². The van der Waals surface area contributed by atoms with Crippen LogP contribution in [-0.4, -0.2) is 14.8 Å². The first kappa shape index (κ1) is 9.86. The Morgan fingerprint density at radius 2 is 2.27 bits per heavy atom.